The van der Waals surface area contributed by atoms with Gasteiger partial charge in [-0.1, -0.05) is 109 Å². The number of anilines is 1. The summed E-state index contributed by atoms with van der Waals surface area (Å²) in [7, 11) is -3.65. The van der Waals surface area contributed by atoms with Crippen LogP contribution in [0.2, 0.25) is 0 Å². The summed E-state index contributed by atoms with van der Waals surface area (Å²) < 4.78 is 26.2. The molecule has 0 aliphatic rings. The van der Waals surface area contributed by atoms with Crippen LogP contribution in [0.3, 0.4) is 0 Å². The van der Waals surface area contributed by atoms with Gasteiger partial charge in [0.15, 0.2) is 0 Å². The van der Waals surface area contributed by atoms with Crippen LogP contribution < -0.4 is 15.2 Å². The van der Waals surface area contributed by atoms with E-state index in [4.69, 9.17) is 0 Å². The van der Waals surface area contributed by atoms with Gasteiger partial charge in [-0.3, -0.25) is 14.5 Å². The van der Waals surface area contributed by atoms with Crippen LogP contribution in [0.1, 0.15) is 27.0 Å². The van der Waals surface area contributed by atoms with Crippen molar-refractivity contribution >= 4 is 21.6 Å². The molecule has 0 unspecified atom stereocenters. The van der Waals surface area contributed by atoms with Crippen LogP contribution in [0, 0.1) is 0 Å². The zero-order chi connectivity index (χ0) is 26.3. The molecule has 1 amide bonds. The summed E-state index contributed by atoms with van der Waals surface area (Å²) in [4.78, 5) is 13.6. The molecule has 0 aromatic heterocycles. The van der Waals surface area contributed by atoms with E-state index in [0.29, 0.717) is 0 Å². The Kier molecular flexibility index (Phi) is 7.86. The maximum atomic E-state index is 13.6. The van der Waals surface area contributed by atoms with Gasteiger partial charge in [-0.25, -0.2) is 13.8 Å². The smallest absolute Gasteiger partial charge is 0.267 e. The number of sulfonamides is 1. The fraction of sp³-hybridized carbons (Fsp3) is 0.100. The summed E-state index contributed by atoms with van der Waals surface area (Å²) in [6.45, 7) is 3.70. The number of nitrogens with one attached hydrogen (secondary N) is 2. The molecule has 4 rings (SSSR count). The molecule has 4 aromatic rings. The van der Waals surface area contributed by atoms with Crippen molar-refractivity contribution in [3.63, 3.8) is 0 Å². The second-order valence-corrected chi connectivity index (χ2v) is 10.4. The second-order valence-electron chi connectivity index (χ2n) is 8.53. The zero-order valence-electron chi connectivity index (χ0n) is 20.5. The molecule has 2 N–H and O–H groups in total. The Morgan fingerprint density at radius 3 is 1.65 bits per heavy atom. The minimum Gasteiger partial charge on any atom is -0.286 e. The van der Waals surface area contributed by atoms with Gasteiger partial charge >= 0.3 is 0 Å². The molecular formula is C30H29N3O3S. The molecule has 0 saturated carbocycles. The van der Waals surface area contributed by atoms with E-state index < -0.39 is 21.5 Å². The summed E-state index contributed by atoms with van der Waals surface area (Å²) in [6, 6.07) is 36.2. The predicted molar refractivity (Wildman–Crippen MR) is 149 cm³/mol. The predicted octanol–water partition coefficient (Wildman–Crippen LogP) is 4.87. The summed E-state index contributed by atoms with van der Waals surface area (Å²) in [5, 5.41) is 0. The van der Waals surface area contributed by atoms with Gasteiger partial charge in [-0.15, -0.1) is 6.58 Å². The van der Waals surface area contributed by atoms with Gasteiger partial charge in [0.25, 0.3) is 5.91 Å². The summed E-state index contributed by atoms with van der Waals surface area (Å²) in [6.07, 6.45) is 2.59. The first-order valence-corrected chi connectivity index (χ1v) is 13.6. The third kappa shape index (κ3) is 5.48. The minimum absolute atomic E-state index is 0.0402. The van der Waals surface area contributed by atoms with Crippen LogP contribution in [-0.4, -0.2) is 27.1 Å². The number of amides is 1. The van der Waals surface area contributed by atoms with Gasteiger partial charge in [-0.2, -0.15) is 0 Å². The molecule has 6 nitrogen and oxygen atoms in total. The van der Waals surface area contributed by atoms with E-state index >= 15 is 0 Å². The van der Waals surface area contributed by atoms with E-state index in [-0.39, 0.29) is 17.8 Å². The molecule has 0 saturated heterocycles. The van der Waals surface area contributed by atoms with Crippen LogP contribution in [-0.2, 0) is 15.6 Å². The maximum absolute atomic E-state index is 13.6. The number of hydrogen-bond acceptors (Lipinski definition) is 4. The minimum atomic E-state index is -3.65. The van der Waals surface area contributed by atoms with E-state index in [1.54, 1.807) is 24.3 Å². The van der Waals surface area contributed by atoms with E-state index in [1.807, 2.05) is 91.0 Å². The highest BCUT2D eigenvalue weighted by molar-refractivity contribution is 7.92. The molecule has 37 heavy (non-hydrogen) atoms. The fourth-order valence-electron chi connectivity index (χ4n) is 4.41. The molecule has 4 aromatic carbocycles. The summed E-state index contributed by atoms with van der Waals surface area (Å²) >= 11 is 0. The lowest BCUT2D eigenvalue weighted by Gasteiger charge is -2.37. The first-order chi connectivity index (χ1) is 17.9. The molecular weight excluding hydrogens is 482 g/mol. The summed E-state index contributed by atoms with van der Waals surface area (Å²) in [5.74, 6) is -0.472. The van der Waals surface area contributed by atoms with Gasteiger partial charge in [0.05, 0.1) is 24.1 Å². The molecule has 0 radical (unpaired) electrons. The molecule has 0 spiro atoms. The average Bonchev–Trinajstić information content (AvgIpc) is 2.93. The fourth-order valence-corrected chi connectivity index (χ4v) is 5.30. The monoisotopic (exact) mass is 511 g/mol. The topological polar surface area (TPSA) is 78.5 Å². The lowest BCUT2D eigenvalue weighted by Crippen LogP contribution is -2.53. The van der Waals surface area contributed by atoms with Crippen LogP contribution in [0.5, 0.6) is 0 Å². The average molecular weight is 512 g/mol. The van der Waals surface area contributed by atoms with Crippen molar-refractivity contribution in [2.75, 3.05) is 17.1 Å². The van der Waals surface area contributed by atoms with Gasteiger partial charge in [-0.05, 0) is 28.8 Å². The highest BCUT2D eigenvalue weighted by atomic mass is 32.2. The van der Waals surface area contributed by atoms with Crippen LogP contribution in [0.25, 0.3) is 0 Å². The van der Waals surface area contributed by atoms with Gasteiger partial charge in [0.1, 0.15) is 5.54 Å². The number of hydrogen-bond donors (Lipinski definition) is 2. The Morgan fingerprint density at radius 2 is 1.22 bits per heavy atom. The van der Waals surface area contributed by atoms with Crippen LogP contribution in [0.4, 0.5) is 5.69 Å². The van der Waals surface area contributed by atoms with Gasteiger partial charge < -0.3 is 0 Å². The Balaban J connectivity index is 1.80. The van der Waals surface area contributed by atoms with Gasteiger partial charge in [0.2, 0.25) is 10.0 Å². The Morgan fingerprint density at radius 1 is 0.784 bits per heavy atom. The van der Waals surface area contributed by atoms with Crippen molar-refractivity contribution in [1.29, 1.82) is 0 Å². The largest absolute Gasteiger partial charge is 0.286 e. The van der Waals surface area contributed by atoms with E-state index in [9.17, 15) is 13.2 Å². The maximum Gasteiger partial charge on any atom is 0.267 e. The number of carbonyl (C=O) groups is 1. The molecule has 0 heterocycles. The molecule has 0 atom stereocenters. The highest BCUT2D eigenvalue weighted by Crippen LogP contribution is 2.36. The SMILES string of the molecule is C=CCN(c1ccccc1C(=O)NNC(c1ccccc1)(c1ccccc1)c1ccccc1)S(C)(=O)=O. The number of benzene rings is 4. The Hall–Kier alpha value is -4.20. The third-order valence-electron chi connectivity index (χ3n) is 6.10. The highest BCUT2D eigenvalue weighted by Gasteiger charge is 2.37. The number of hydrazine groups is 1. The number of rotatable bonds is 10. The van der Waals surface area contributed by atoms with Crippen molar-refractivity contribution in [2.45, 2.75) is 5.54 Å². The van der Waals surface area contributed by atoms with Crippen molar-refractivity contribution in [1.82, 2.24) is 10.9 Å². The second kappa shape index (κ2) is 11.2. The lowest BCUT2D eigenvalue weighted by molar-refractivity contribution is 0.0919. The van der Waals surface area contributed by atoms with Crippen LogP contribution >= 0.6 is 0 Å². The molecule has 0 aliphatic carbocycles. The quantitative estimate of drug-likeness (QED) is 0.181. The third-order valence-corrected chi connectivity index (χ3v) is 7.24. The Labute approximate surface area is 218 Å². The number of carbonyl (C=O) groups excluding carboxylic acids is 1. The van der Waals surface area contributed by atoms with Crippen molar-refractivity contribution in [3.05, 3.63) is 150 Å². The van der Waals surface area contributed by atoms with Crippen LogP contribution in [0.15, 0.2) is 128 Å². The lowest BCUT2D eigenvalue weighted by atomic mass is 9.77. The molecule has 0 fully saturated rings. The van der Waals surface area contributed by atoms with E-state index in [1.165, 1.54) is 6.08 Å². The Bertz CT molecular complexity index is 1360. The van der Waals surface area contributed by atoms with Crippen molar-refractivity contribution in [3.8, 4) is 0 Å². The molecule has 0 aliphatic heterocycles. The number of nitrogens with zero attached hydrogens (tertiary/aromatic N) is 1. The van der Waals surface area contributed by atoms with E-state index in [2.05, 4.69) is 17.4 Å². The number of para-hydroxylation sites is 1. The van der Waals surface area contributed by atoms with E-state index in [0.717, 1.165) is 27.3 Å². The normalized spacial score (nSPS) is 11.5. The van der Waals surface area contributed by atoms with Crippen molar-refractivity contribution in [2.24, 2.45) is 0 Å². The molecule has 7 heteroatoms. The zero-order valence-corrected chi connectivity index (χ0v) is 21.4. The van der Waals surface area contributed by atoms with Gasteiger partial charge in [0, 0.05) is 0 Å². The van der Waals surface area contributed by atoms with Crippen molar-refractivity contribution < 1.29 is 13.2 Å². The first kappa shape index (κ1) is 25.9. The standard InChI is InChI=1S/C30H29N3O3S/c1-3-23-33(37(2,35)36)28-22-14-13-21-27(28)29(34)31-32-30(24-15-7-4-8-16-24,25-17-9-5-10-18-25)26-19-11-6-12-20-26/h3-22,32H,1,23H2,2H3,(H,31,34). The summed E-state index contributed by atoms with van der Waals surface area (Å²) in [5.41, 5.74) is 8.54. The first-order valence-electron chi connectivity index (χ1n) is 11.8. The molecule has 0 bridgehead atoms. The molecule has 188 valence electrons.